The first-order valence-electron chi connectivity index (χ1n) is 5.66. The summed E-state index contributed by atoms with van der Waals surface area (Å²) in [6.45, 7) is 0. The summed E-state index contributed by atoms with van der Waals surface area (Å²) in [5, 5.41) is 20.0. The van der Waals surface area contributed by atoms with Crippen molar-refractivity contribution in [1.82, 2.24) is 0 Å². The van der Waals surface area contributed by atoms with E-state index in [-0.39, 0.29) is 5.57 Å². The molecule has 0 atom stereocenters. The van der Waals surface area contributed by atoms with Gasteiger partial charge in [-0.2, -0.15) is 10.5 Å². The third kappa shape index (κ3) is 3.19. The van der Waals surface area contributed by atoms with Crippen molar-refractivity contribution in [3.8, 4) is 12.1 Å². The summed E-state index contributed by atoms with van der Waals surface area (Å²) >= 11 is 1.51. The molecule has 0 aliphatic rings. The fourth-order valence-electron chi connectivity index (χ4n) is 1.61. The maximum atomic E-state index is 9.03. The first-order valence-corrected chi connectivity index (χ1v) is 6.54. The maximum absolute atomic E-state index is 9.03. The molecule has 0 bridgehead atoms. The van der Waals surface area contributed by atoms with Crippen LogP contribution >= 0.6 is 11.3 Å². The largest absolute Gasteiger partial charge is 0.192 e. The molecule has 0 N–H and O–H groups in total. The summed E-state index contributed by atoms with van der Waals surface area (Å²) in [6, 6.07) is 17.5. The first kappa shape index (κ1) is 12.8. The van der Waals surface area contributed by atoms with E-state index < -0.39 is 0 Å². The summed E-state index contributed by atoms with van der Waals surface area (Å²) in [5.41, 5.74) is 1.84. The van der Waals surface area contributed by atoms with E-state index in [4.69, 9.17) is 10.5 Å². The maximum Gasteiger partial charge on any atom is 0.138 e. The average Bonchev–Trinajstić information content (AvgIpc) is 2.98. The lowest BCUT2D eigenvalue weighted by atomic mass is 10.1. The quantitative estimate of drug-likeness (QED) is 0.613. The van der Waals surface area contributed by atoms with E-state index in [1.54, 1.807) is 0 Å². The highest BCUT2D eigenvalue weighted by atomic mass is 32.1. The predicted octanol–water partition coefficient (Wildman–Crippen LogP) is 4.26. The number of nitrogens with zero attached hydrogens (tertiary/aromatic N) is 2. The highest BCUT2D eigenvalue weighted by Gasteiger charge is 2.06. The number of hydrogen-bond acceptors (Lipinski definition) is 3. The molecule has 2 aromatic rings. The molecule has 2 rings (SSSR count). The van der Waals surface area contributed by atoms with Gasteiger partial charge in [-0.05, 0) is 17.0 Å². The van der Waals surface area contributed by atoms with Gasteiger partial charge in [0.05, 0.1) is 0 Å². The van der Waals surface area contributed by atoms with Gasteiger partial charge >= 0.3 is 0 Å². The van der Waals surface area contributed by atoms with Crippen LogP contribution in [0.25, 0.3) is 11.6 Å². The molecule has 1 heterocycles. The third-order valence-electron chi connectivity index (χ3n) is 2.52. The Morgan fingerprint density at radius 3 is 2.32 bits per heavy atom. The molecule has 0 radical (unpaired) electrons. The van der Waals surface area contributed by atoms with Crippen LogP contribution in [-0.2, 0) is 0 Å². The van der Waals surface area contributed by atoms with E-state index in [2.05, 4.69) is 0 Å². The Hall–Kier alpha value is -2.62. The van der Waals surface area contributed by atoms with Crippen LogP contribution in [0.1, 0.15) is 10.4 Å². The standard InChI is InChI=1S/C16H10N2S/c17-11-14(12-18)15(16-7-4-10-19-16)9-8-13-5-2-1-3-6-13/h1-10H. The zero-order valence-corrected chi connectivity index (χ0v) is 10.9. The summed E-state index contributed by atoms with van der Waals surface area (Å²) < 4.78 is 0. The summed E-state index contributed by atoms with van der Waals surface area (Å²) in [4.78, 5) is 0.922. The molecule has 2 nitrogen and oxygen atoms in total. The van der Waals surface area contributed by atoms with Gasteiger partial charge in [0.15, 0.2) is 0 Å². The van der Waals surface area contributed by atoms with Crippen LogP contribution in [0.5, 0.6) is 0 Å². The van der Waals surface area contributed by atoms with E-state index in [9.17, 15) is 0 Å². The number of allylic oxidation sites excluding steroid dienone is 3. The van der Waals surface area contributed by atoms with Crippen molar-refractivity contribution in [3.05, 3.63) is 69.9 Å². The molecule has 0 saturated carbocycles. The van der Waals surface area contributed by atoms with Crippen LogP contribution in [0.2, 0.25) is 0 Å². The van der Waals surface area contributed by atoms with Gasteiger partial charge in [-0.3, -0.25) is 0 Å². The molecule has 0 spiro atoms. The van der Waals surface area contributed by atoms with Gasteiger partial charge in [-0.25, -0.2) is 0 Å². The molecule has 90 valence electrons. The van der Waals surface area contributed by atoms with E-state index in [0.29, 0.717) is 5.57 Å². The van der Waals surface area contributed by atoms with Crippen molar-refractivity contribution < 1.29 is 0 Å². The van der Waals surface area contributed by atoms with Crippen molar-refractivity contribution in [1.29, 1.82) is 10.5 Å². The second kappa shape index (κ2) is 6.35. The Bertz CT molecular complexity index is 665. The number of nitriles is 2. The van der Waals surface area contributed by atoms with Crippen molar-refractivity contribution in [2.45, 2.75) is 0 Å². The third-order valence-corrected chi connectivity index (χ3v) is 3.42. The topological polar surface area (TPSA) is 47.6 Å². The molecule has 0 aliphatic carbocycles. The molecule has 1 aromatic heterocycles. The average molecular weight is 262 g/mol. The van der Waals surface area contributed by atoms with Crippen LogP contribution in [0.4, 0.5) is 0 Å². The van der Waals surface area contributed by atoms with E-state index in [0.717, 1.165) is 10.4 Å². The van der Waals surface area contributed by atoms with Crippen molar-refractivity contribution in [3.63, 3.8) is 0 Å². The lowest BCUT2D eigenvalue weighted by molar-refractivity contribution is 1.46. The highest BCUT2D eigenvalue weighted by molar-refractivity contribution is 7.11. The van der Waals surface area contributed by atoms with Gasteiger partial charge < -0.3 is 0 Å². The van der Waals surface area contributed by atoms with Crippen LogP contribution in [0, 0.1) is 22.7 Å². The molecule has 0 amide bonds. The molecular weight excluding hydrogens is 252 g/mol. The molecule has 19 heavy (non-hydrogen) atoms. The Labute approximate surface area is 116 Å². The van der Waals surface area contributed by atoms with Crippen molar-refractivity contribution in [2.75, 3.05) is 0 Å². The van der Waals surface area contributed by atoms with E-state index in [1.165, 1.54) is 11.3 Å². The minimum atomic E-state index is 0.134. The number of rotatable bonds is 3. The fraction of sp³-hybridized carbons (Fsp3) is 0. The van der Waals surface area contributed by atoms with Crippen molar-refractivity contribution in [2.24, 2.45) is 0 Å². The summed E-state index contributed by atoms with van der Waals surface area (Å²) in [5.74, 6) is 0. The van der Waals surface area contributed by atoms with Gasteiger partial charge in [-0.15, -0.1) is 11.3 Å². The number of hydrogen-bond donors (Lipinski definition) is 0. The van der Waals surface area contributed by atoms with Gasteiger partial charge in [0.25, 0.3) is 0 Å². The Kier molecular flexibility index (Phi) is 4.29. The minimum Gasteiger partial charge on any atom is -0.192 e. The highest BCUT2D eigenvalue weighted by Crippen LogP contribution is 2.25. The normalized spacial score (nSPS) is 9.79. The summed E-state index contributed by atoms with van der Waals surface area (Å²) in [7, 11) is 0. The van der Waals surface area contributed by atoms with Crippen LogP contribution < -0.4 is 0 Å². The van der Waals surface area contributed by atoms with E-state index >= 15 is 0 Å². The van der Waals surface area contributed by atoms with Gasteiger partial charge in [0.1, 0.15) is 17.7 Å². The first-order chi connectivity index (χ1) is 9.35. The Morgan fingerprint density at radius 1 is 1.00 bits per heavy atom. The van der Waals surface area contributed by atoms with Crippen LogP contribution in [0.15, 0.2) is 59.5 Å². The van der Waals surface area contributed by atoms with Gasteiger partial charge in [0, 0.05) is 10.5 Å². The zero-order chi connectivity index (χ0) is 13.5. The minimum absolute atomic E-state index is 0.134. The fourth-order valence-corrected chi connectivity index (χ4v) is 2.37. The Morgan fingerprint density at radius 2 is 1.74 bits per heavy atom. The number of benzene rings is 1. The second-order valence-corrected chi connectivity index (χ2v) is 4.68. The van der Waals surface area contributed by atoms with Crippen LogP contribution in [0.3, 0.4) is 0 Å². The molecule has 1 aromatic carbocycles. The molecule has 0 saturated heterocycles. The van der Waals surface area contributed by atoms with Gasteiger partial charge in [0.2, 0.25) is 0 Å². The number of thiophene rings is 1. The van der Waals surface area contributed by atoms with E-state index in [1.807, 2.05) is 72.1 Å². The lowest BCUT2D eigenvalue weighted by Gasteiger charge is -1.98. The zero-order valence-electron chi connectivity index (χ0n) is 10.1. The molecular formula is C16H10N2S. The summed E-state index contributed by atoms with van der Waals surface area (Å²) in [6.07, 6.45) is 3.73. The lowest BCUT2D eigenvalue weighted by Crippen LogP contribution is -1.82. The molecule has 3 heteroatoms. The monoisotopic (exact) mass is 262 g/mol. The SMILES string of the molecule is N#CC(C#N)=C(C=Cc1ccccc1)c1cccs1. The molecule has 0 aliphatic heterocycles. The van der Waals surface area contributed by atoms with Crippen LogP contribution in [-0.4, -0.2) is 0 Å². The Balaban J connectivity index is 2.42. The predicted molar refractivity (Wildman–Crippen MR) is 77.9 cm³/mol. The van der Waals surface area contributed by atoms with Crippen molar-refractivity contribution >= 4 is 23.0 Å². The smallest absolute Gasteiger partial charge is 0.138 e. The second-order valence-electron chi connectivity index (χ2n) is 3.73. The molecule has 0 fully saturated rings. The molecule has 0 unspecified atom stereocenters. The van der Waals surface area contributed by atoms with Gasteiger partial charge in [-0.1, -0.05) is 48.6 Å².